The Morgan fingerprint density at radius 2 is 1.90 bits per heavy atom. The summed E-state index contributed by atoms with van der Waals surface area (Å²) in [5, 5.41) is 11.0. The predicted octanol–water partition coefficient (Wildman–Crippen LogP) is 3.39. The number of nitrogens with zero attached hydrogens (tertiary/aromatic N) is 1. The zero-order valence-electron chi connectivity index (χ0n) is 16.3. The van der Waals surface area contributed by atoms with Gasteiger partial charge >= 0.3 is 12.6 Å². The molecule has 2 rings (SSSR count). The van der Waals surface area contributed by atoms with Crippen LogP contribution in [0.3, 0.4) is 0 Å². The van der Waals surface area contributed by atoms with Crippen LogP contribution in [0.1, 0.15) is 5.56 Å². The molecule has 0 unspecified atom stereocenters. The van der Waals surface area contributed by atoms with Gasteiger partial charge in [-0.05, 0) is 48.0 Å². The van der Waals surface area contributed by atoms with Crippen LogP contribution in [0.4, 0.5) is 14.5 Å². The van der Waals surface area contributed by atoms with E-state index < -0.39 is 25.1 Å². The summed E-state index contributed by atoms with van der Waals surface area (Å²) in [5.74, 6) is -0.639. The van der Waals surface area contributed by atoms with Crippen LogP contribution in [-0.2, 0) is 14.3 Å². The molecule has 0 atom stereocenters. The predicted molar refractivity (Wildman–Crippen MR) is 106 cm³/mol. The lowest BCUT2D eigenvalue weighted by molar-refractivity contribution is -0.142. The lowest BCUT2D eigenvalue weighted by Gasteiger charge is -2.09. The highest BCUT2D eigenvalue weighted by molar-refractivity contribution is 5.94. The SMILES string of the molecule is COc1cc(C=CC(=O)OCC(=O)Nc2ccc(OC(F)F)cc2)ccc1OCC#N. The van der Waals surface area contributed by atoms with Crippen molar-refractivity contribution in [1.82, 2.24) is 0 Å². The van der Waals surface area contributed by atoms with Crippen molar-refractivity contribution in [2.24, 2.45) is 0 Å². The first kappa shape index (κ1) is 23.2. The van der Waals surface area contributed by atoms with E-state index in [0.29, 0.717) is 22.7 Å². The van der Waals surface area contributed by atoms with Gasteiger partial charge in [0.25, 0.3) is 5.91 Å². The average molecular weight is 432 g/mol. The molecule has 162 valence electrons. The summed E-state index contributed by atoms with van der Waals surface area (Å²) in [7, 11) is 1.44. The summed E-state index contributed by atoms with van der Waals surface area (Å²) in [6, 6.07) is 12.0. The number of hydrogen-bond acceptors (Lipinski definition) is 7. The van der Waals surface area contributed by atoms with Gasteiger partial charge in [0.1, 0.15) is 11.8 Å². The number of alkyl halides is 2. The van der Waals surface area contributed by atoms with Crippen molar-refractivity contribution < 1.29 is 37.3 Å². The minimum absolute atomic E-state index is 0.0501. The molecule has 0 saturated heterocycles. The van der Waals surface area contributed by atoms with E-state index in [1.807, 2.05) is 6.07 Å². The summed E-state index contributed by atoms with van der Waals surface area (Å²) >= 11 is 0. The number of hydrogen-bond donors (Lipinski definition) is 1. The van der Waals surface area contributed by atoms with Crippen LogP contribution < -0.4 is 19.5 Å². The number of anilines is 1. The molecule has 2 aromatic carbocycles. The number of nitriles is 1. The Hall–Kier alpha value is -4.13. The smallest absolute Gasteiger partial charge is 0.387 e. The molecule has 8 nitrogen and oxygen atoms in total. The van der Waals surface area contributed by atoms with Crippen molar-refractivity contribution >= 4 is 23.6 Å². The molecular weight excluding hydrogens is 414 g/mol. The monoisotopic (exact) mass is 432 g/mol. The zero-order chi connectivity index (χ0) is 22.6. The van der Waals surface area contributed by atoms with Crippen molar-refractivity contribution in [1.29, 1.82) is 5.26 Å². The van der Waals surface area contributed by atoms with Crippen molar-refractivity contribution in [2.75, 3.05) is 25.6 Å². The van der Waals surface area contributed by atoms with E-state index in [0.717, 1.165) is 6.08 Å². The third-order valence-corrected chi connectivity index (χ3v) is 3.60. The van der Waals surface area contributed by atoms with E-state index >= 15 is 0 Å². The average Bonchev–Trinajstić information content (AvgIpc) is 2.76. The van der Waals surface area contributed by atoms with Gasteiger partial charge < -0.3 is 24.3 Å². The third-order valence-electron chi connectivity index (χ3n) is 3.60. The van der Waals surface area contributed by atoms with E-state index in [-0.39, 0.29) is 12.4 Å². The molecule has 1 amide bonds. The van der Waals surface area contributed by atoms with Crippen molar-refractivity contribution in [3.63, 3.8) is 0 Å². The molecule has 0 heterocycles. The molecule has 10 heteroatoms. The molecule has 0 aliphatic carbocycles. The Morgan fingerprint density at radius 1 is 1.16 bits per heavy atom. The molecule has 0 spiro atoms. The number of methoxy groups -OCH3 is 1. The highest BCUT2D eigenvalue weighted by atomic mass is 19.3. The molecule has 1 N–H and O–H groups in total. The fraction of sp³-hybridized carbons (Fsp3) is 0.190. The van der Waals surface area contributed by atoms with Crippen molar-refractivity contribution in [3.05, 3.63) is 54.1 Å². The summed E-state index contributed by atoms with van der Waals surface area (Å²) in [4.78, 5) is 23.7. The topological polar surface area (TPSA) is 107 Å². The van der Waals surface area contributed by atoms with Crippen LogP contribution >= 0.6 is 0 Å². The first-order valence-corrected chi connectivity index (χ1v) is 8.78. The van der Waals surface area contributed by atoms with Gasteiger partial charge in [0, 0.05) is 11.8 Å². The quantitative estimate of drug-likeness (QED) is 0.453. The molecule has 0 aromatic heterocycles. The van der Waals surface area contributed by atoms with Gasteiger partial charge in [-0.15, -0.1) is 0 Å². The van der Waals surface area contributed by atoms with Crippen LogP contribution in [-0.4, -0.2) is 38.8 Å². The lowest BCUT2D eigenvalue weighted by Crippen LogP contribution is -2.20. The lowest BCUT2D eigenvalue weighted by atomic mass is 10.2. The second kappa shape index (κ2) is 11.8. The maximum atomic E-state index is 12.1. The van der Waals surface area contributed by atoms with Crippen LogP contribution in [0.25, 0.3) is 6.08 Å². The minimum atomic E-state index is -2.94. The number of halogens is 2. The van der Waals surface area contributed by atoms with Gasteiger partial charge in [-0.3, -0.25) is 4.79 Å². The normalized spacial score (nSPS) is 10.4. The van der Waals surface area contributed by atoms with Gasteiger partial charge in [0.15, 0.2) is 24.7 Å². The van der Waals surface area contributed by atoms with Gasteiger partial charge in [-0.2, -0.15) is 14.0 Å². The number of rotatable bonds is 10. The van der Waals surface area contributed by atoms with Crippen molar-refractivity contribution in [3.8, 4) is 23.3 Å². The Balaban J connectivity index is 1.83. The third kappa shape index (κ3) is 8.02. The molecule has 0 bridgehead atoms. The number of ether oxygens (including phenoxy) is 4. The molecule has 0 saturated carbocycles. The molecule has 2 aromatic rings. The Morgan fingerprint density at radius 3 is 2.55 bits per heavy atom. The van der Waals surface area contributed by atoms with E-state index in [1.54, 1.807) is 18.2 Å². The zero-order valence-corrected chi connectivity index (χ0v) is 16.3. The highest BCUT2D eigenvalue weighted by Crippen LogP contribution is 2.28. The molecule has 0 fully saturated rings. The van der Waals surface area contributed by atoms with Gasteiger partial charge in [-0.25, -0.2) is 4.79 Å². The number of benzene rings is 2. The van der Waals surface area contributed by atoms with Crippen LogP contribution in [0.5, 0.6) is 17.2 Å². The second-order valence-electron chi connectivity index (χ2n) is 5.75. The standard InChI is InChI=1S/C21H18F2N2O6/c1-28-18-12-14(2-8-17(18)29-11-10-24)3-9-20(27)30-13-19(26)25-15-4-6-16(7-5-15)31-21(22)23/h2-9,12,21H,11,13H2,1H3,(H,25,26). The first-order chi connectivity index (χ1) is 14.9. The summed E-state index contributed by atoms with van der Waals surface area (Å²) < 4.78 is 43.7. The number of nitrogens with one attached hydrogen (secondary N) is 1. The van der Waals surface area contributed by atoms with Crippen molar-refractivity contribution in [2.45, 2.75) is 6.61 Å². The maximum absolute atomic E-state index is 12.1. The molecular formula is C21H18F2N2O6. The summed E-state index contributed by atoms with van der Waals surface area (Å²) in [6.45, 7) is -3.61. The molecule has 0 radical (unpaired) electrons. The molecule has 31 heavy (non-hydrogen) atoms. The number of carbonyl (C=O) groups excluding carboxylic acids is 2. The Kier molecular flexibility index (Phi) is 8.79. The number of esters is 1. The largest absolute Gasteiger partial charge is 0.493 e. The summed E-state index contributed by atoms with van der Waals surface area (Å²) in [5.41, 5.74) is 0.928. The molecule has 0 aliphatic rings. The van der Waals surface area contributed by atoms with E-state index in [9.17, 15) is 18.4 Å². The Bertz CT molecular complexity index is 971. The second-order valence-corrected chi connectivity index (χ2v) is 5.75. The first-order valence-electron chi connectivity index (χ1n) is 8.78. The Labute approximate surface area is 176 Å². The van der Waals surface area contributed by atoms with E-state index in [1.165, 1.54) is 37.5 Å². The fourth-order valence-corrected chi connectivity index (χ4v) is 2.28. The maximum Gasteiger partial charge on any atom is 0.387 e. The van der Waals surface area contributed by atoms with Crippen LogP contribution in [0.15, 0.2) is 48.5 Å². The van der Waals surface area contributed by atoms with Gasteiger partial charge in [0.05, 0.1) is 7.11 Å². The van der Waals surface area contributed by atoms with E-state index in [4.69, 9.17) is 19.5 Å². The number of carbonyl (C=O) groups is 2. The van der Waals surface area contributed by atoms with Crippen LogP contribution in [0.2, 0.25) is 0 Å². The van der Waals surface area contributed by atoms with Gasteiger partial charge in [0.2, 0.25) is 0 Å². The number of amides is 1. The minimum Gasteiger partial charge on any atom is -0.493 e. The van der Waals surface area contributed by atoms with Gasteiger partial charge in [-0.1, -0.05) is 6.07 Å². The fourth-order valence-electron chi connectivity index (χ4n) is 2.28. The summed E-state index contributed by atoms with van der Waals surface area (Å²) in [6.07, 6.45) is 2.59. The highest BCUT2D eigenvalue weighted by Gasteiger charge is 2.08. The molecule has 0 aliphatic heterocycles. The van der Waals surface area contributed by atoms with Crippen LogP contribution in [0, 0.1) is 11.3 Å². The van der Waals surface area contributed by atoms with E-state index in [2.05, 4.69) is 10.1 Å².